The van der Waals surface area contributed by atoms with Crippen molar-refractivity contribution in [2.24, 2.45) is 0 Å². The fourth-order valence-electron chi connectivity index (χ4n) is 4.61. The molecule has 0 saturated carbocycles. The summed E-state index contributed by atoms with van der Waals surface area (Å²) in [6.07, 6.45) is 1.82. The van der Waals surface area contributed by atoms with Gasteiger partial charge in [0.1, 0.15) is 5.52 Å². The molecule has 154 valence electrons. The van der Waals surface area contributed by atoms with Gasteiger partial charge in [-0.1, -0.05) is 71.9 Å². The molecule has 0 radical (unpaired) electrons. The Kier molecular flexibility index (Phi) is 3.78. The third-order valence-corrected chi connectivity index (χ3v) is 6.19. The van der Waals surface area contributed by atoms with Gasteiger partial charge in [0.05, 0.1) is 27.9 Å². The Bertz CT molecular complexity index is 1830. The summed E-state index contributed by atoms with van der Waals surface area (Å²) in [4.78, 5) is 9.67. The van der Waals surface area contributed by atoms with E-state index in [4.69, 9.17) is 4.98 Å². The monoisotopic (exact) mass is 423 g/mol. The summed E-state index contributed by atoms with van der Waals surface area (Å²) >= 11 is 0. The van der Waals surface area contributed by atoms with Crippen molar-refractivity contribution >= 4 is 43.6 Å². The maximum atomic E-state index is 5.07. The maximum Gasteiger partial charge on any atom is 0.113 e. The lowest BCUT2D eigenvalue weighted by atomic mass is 9.99. The van der Waals surface area contributed by atoms with Crippen molar-refractivity contribution in [3.05, 3.63) is 103 Å². The normalized spacial score (nSPS) is 11.6. The van der Waals surface area contributed by atoms with E-state index in [1.54, 1.807) is 0 Å². The fraction of sp³-hybridized carbons (Fsp3) is 0. The van der Waals surface area contributed by atoms with Crippen molar-refractivity contribution in [2.75, 3.05) is 0 Å². The minimum atomic E-state index is 0.876. The first-order chi connectivity index (χ1) is 16.4. The van der Waals surface area contributed by atoms with E-state index in [0.717, 1.165) is 60.6 Å². The van der Waals surface area contributed by atoms with Gasteiger partial charge in [0.15, 0.2) is 0 Å². The van der Waals surface area contributed by atoms with Crippen molar-refractivity contribution in [1.29, 1.82) is 0 Å². The zero-order chi connectivity index (χ0) is 21.8. The minimum Gasteiger partial charge on any atom is -0.254 e. The molecule has 0 fully saturated rings. The molecule has 4 aromatic carbocycles. The van der Waals surface area contributed by atoms with Crippen molar-refractivity contribution in [1.82, 2.24) is 25.0 Å². The Morgan fingerprint density at radius 3 is 2.33 bits per heavy atom. The molecule has 3 heterocycles. The first kappa shape index (κ1) is 18.0. The lowest BCUT2D eigenvalue weighted by molar-refractivity contribution is 0.829. The molecular formula is C28H17N5. The molecule has 0 N–H and O–H groups in total. The molecule has 0 amide bonds. The predicted molar refractivity (Wildman–Crippen MR) is 132 cm³/mol. The van der Waals surface area contributed by atoms with Crippen LogP contribution in [-0.4, -0.2) is 25.0 Å². The van der Waals surface area contributed by atoms with Crippen LogP contribution in [0.4, 0.5) is 0 Å². The zero-order valence-corrected chi connectivity index (χ0v) is 17.6. The summed E-state index contributed by atoms with van der Waals surface area (Å²) < 4.78 is 1.91. The molecule has 0 saturated heterocycles. The van der Waals surface area contributed by atoms with Crippen LogP contribution in [0.15, 0.2) is 103 Å². The lowest BCUT2D eigenvalue weighted by Gasteiger charge is -2.12. The second-order valence-corrected chi connectivity index (χ2v) is 8.08. The molecule has 0 bridgehead atoms. The first-order valence-corrected chi connectivity index (χ1v) is 10.8. The molecular weight excluding hydrogens is 406 g/mol. The van der Waals surface area contributed by atoms with Crippen LogP contribution >= 0.6 is 0 Å². The van der Waals surface area contributed by atoms with Crippen LogP contribution in [0.25, 0.3) is 60.6 Å². The van der Waals surface area contributed by atoms with Gasteiger partial charge in [-0.3, -0.25) is 4.98 Å². The third kappa shape index (κ3) is 2.72. The maximum absolute atomic E-state index is 5.07. The standard InChI is InChI=1S/C28H17N5/c1-2-8-22-20(7-1)21(14-16-25(22)33-26-10-4-3-9-24(26)31-32-33)23-15-13-19-12-11-18-6-5-17-29-27(18)28(19)30-23/h1-17H. The number of nitrogens with zero attached hydrogens (tertiary/aromatic N) is 5. The first-order valence-electron chi connectivity index (χ1n) is 10.8. The largest absolute Gasteiger partial charge is 0.254 e. The SMILES string of the molecule is c1cnc2c(c1)ccc1ccc(-c3ccc(-n4nnc5ccccc54)c4ccccc34)nc12. The number of benzene rings is 4. The molecule has 0 aliphatic rings. The minimum absolute atomic E-state index is 0.876. The van der Waals surface area contributed by atoms with E-state index in [2.05, 4.69) is 82.0 Å². The molecule has 5 heteroatoms. The average molecular weight is 423 g/mol. The molecule has 0 aliphatic carbocycles. The Hall–Kier alpha value is -4.64. The summed E-state index contributed by atoms with van der Waals surface area (Å²) in [5.74, 6) is 0. The number of fused-ring (bicyclic) bond motifs is 5. The average Bonchev–Trinajstić information content (AvgIpc) is 3.32. The highest BCUT2D eigenvalue weighted by atomic mass is 15.4. The lowest BCUT2D eigenvalue weighted by Crippen LogP contribution is -1.99. The molecule has 0 atom stereocenters. The summed E-state index contributed by atoms with van der Waals surface area (Å²) in [5, 5.41) is 13.2. The summed E-state index contributed by atoms with van der Waals surface area (Å²) in [6.45, 7) is 0. The van der Waals surface area contributed by atoms with Crippen LogP contribution in [0, 0.1) is 0 Å². The van der Waals surface area contributed by atoms with E-state index < -0.39 is 0 Å². The van der Waals surface area contributed by atoms with Crippen LogP contribution < -0.4 is 0 Å². The smallest absolute Gasteiger partial charge is 0.113 e. The van der Waals surface area contributed by atoms with Gasteiger partial charge in [0.2, 0.25) is 0 Å². The van der Waals surface area contributed by atoms with E-state index in [1.807, 2.05) is 41.2 Å². The molecule has 33 heavy (non-hydrogen) atoms. The summed E-state index contributed by atoms with van der Waals surface area (Å²) in [6, 6.07) is 33.1. The Morgan fingerprint density at radius 2 is 1.39 bits per heavy atom. The highest BCUT2D eigenvalue weighted by Crippen LogP contribution is 2.34. The fourth-order valence-corrected chi connectivity index (χ4v) is 4.61. The van der Waals surface area contributed by atoms with Crippen LogP contribution in [-0.2, 0) is 0 Å². The molecule has 5 nitrogen and oxygen atoms in total. The second-order valence-electron chi connectivity index (χ2n) is 8.08. The van der Waals surface area contributed by atoms with Gasteiger partial charge in [0.25, 0.3) is 0 Å². The quantitative estimate of drug-likeness (QED) is 0.305. The van der Waals surface area contributed by atoms with E-state index in [9.17, 15) is 0 Å². The highest BCUT2D eigenvalue weighted by Gasteiger charge is 2.14. The van der Waals surface area contributed by atoms with E-state index in [-0.39, 0.29) is 0 Å². The van der Waals surface area contributed by atoms with Crippen LogP contribution in [0.5, 0.6) is 0 Å². The predicted octanol–water partition coefficient (Wildman–Crippen LogP) is 6.34. The number of rotatable bonds is 2. The van der Waals surface area contributed by atoms with Gasteiger partial charge in [0, 0.05) is 27.9 Å². The summed E-state index contributed by atoms with van der Waals surface area (Å²) in [7, 11) is 0. The number of pyridine rings is 2. The van der Waals surface area contributed by atoms with Crippen molar-refractivity contribution in [3.63, 3.8) is 0 Å². The van der Waals surface area contributed by atoms with Gasteiger partial charge >= 0.3 is 0 Å². The van der Waals surface area contributed by atoms with Crippen molar-refractivity contribution in [3.8, 4) is 16.9 Å². The number of para-hydroxylation sites is 1. The summed E-state index contributed by atoms with van der Waals surface area (Å²) in [5.41, 5.74) is 6.70. The zero-order valence-electron chi connectivity index (χ0n) is 17.6. The number of aromatic nitrogens is 5. The van der Waals surface area contributed by atoms with Crippen LogP contribution in [0.3, 0.4) is 0 Å². The Morgan fingerprint density at radius 1 is 0.606 bits per heavy atom. The molecule has 7 rings (SSSR count). The van der Waals surface area contributed by atoms with Crippen LogP contribution in [0.1, 0.15) is 0 Å². The highest BCUT2D eigenvalue weighted by molar-refractivity contribution is 6.05. The molecule has 7 aromatic rings. The Balaban J connectivity index is 1.49. The number of hydrogen-bond donors (Lipinski definition) is 0. The van der Waals surface area contributed by atoms with E-state index in [1.165, 1.54) is 0 Å². The Labute approximate surface area is 189 Å². The second kappa shape index (κ2) is 6.93. The molecule has 0 spiro atoms. The van der Waals surface area contributed by atoms with Crippen LogP contribution in [0.2, 0.25) is 0 Å². The topological polar surface area (TPSA) is 56.5 Å². The molecule has 0 unspecified atom stereocenters. The molecule has 0 aliphatic heterocycles. The van der Waals surface area contributed by atoms with E-state index >= 15 is 0 Å². The van der Waals surface area contributed by atoms with Crippen molar-refractivity contribution in [2.45, 2.75) is 0 Å². The van der Waals surface area contributed by atoms with Gasteiger partial charge in [-0.2, -0.15) is 0 Å². The number of hydrogen-bond acceptors (Lipinski definition) is 4. The molecule has 3 aromatic heterocycles. The van der Waals surface area contributed by atoms with Gasteiger partial charge in [-0.05, 0) is 35.7 Å². The van der Waals surface area contributed by atoms with Gasteiger partial charge < -0.3 is 0 Å². The van der Waals surface area contributed by atoms with Gasteiger partial charge in [-0.25, -0.2) is 9.67 Å². The van der Waals surface area contributed by atoms with E-state index in [0.29, 0.717) is 0 Å². The third-order valence-electron chi connectivity index (χ3n) is 6.19. The van der Waals surface area contributed by atoms with Gasteiger partial charge in [-0.15, -0.1) is 5.10 Å². The van der Waals surface area contributed by atoms with Crippen molar-refractivity contribution < 1.29 is 0 Å².